The number of rotatable bonds is 5. The van der Waals surface area contributed by atoms with Gasteiger partial charge in [0.15, 0.2) is 0 Å². The molecule has 0 bridgehead atoms. The number of hydrogen-bond acceptors (Lipinski definition) is 2. The molecule has 0 aliphatic heterocycles. The van der Waals surface area contributed by atoms with Crippen molar-refractivity contribution < 1.29 is 4.74 Å². The van der Waals surface area contributed by atoms with E-state index in [1.165, 1.54) is 5.56 Å². The van der Waals surface area contributed by atoms with Gasteiger partial charge in [-0.15, -0.1) is 0 Å². The lowest BCUT2D eigenvalue weighted by molar-refractivity contribution is 0.306. The van der Waals surface area contributed by atoms with Crippen LogP contribution in [0.2, 0.25) is 0 Å². The number of benzene rings is 2. The molecule has 0 heterocycles. The third-order valence-electron chi connectivity index (χ3n) is 3.00. The molecule has 0 spiro atoms. The standard InChI is InChI=1S/C16H18N2O/c1-2-12-3-5-13(6-4-12)11-19-15-9-7-14(8-10-15)16(17)18/h3-10H,2,11H2,1H3,(H3,17,18). The molecule has 0 amide bonds. The minimum absolute atomic E-state index is 0.0710. The van der Waals surface area contributed by atoms with Crippen molar-refractivity contribution in [3.05, 3.63) is 65.2 Å². The predicted molar refractivity (Wildman–Crippen MR) is 77.6 cm³/mol. The lowest BCUT2D eigenvalue weighted by Crippen LogP contribution is -2.10. The van der Waals surface area contributed by atoms with Gasteiger partial charge in [0.05, 0.1) is 0 Å². The minimum atomic E-state index is 0.0710. The van der Waals surface area contributed by atoms with Crippen LogP contribution in [0.4, 0.5) is 0 Å². The number of hydrogen-bond donors (Lipinski definition) is 2. The first-order valence-corrected chi connectivity index (χ1v) is 6.34. The summed E-state index contributed by atoms with van der Waals surface area (Å²) >= 11 is 0. The lowest BCUT2D eigenvalue weighted by Gasteiger charge is -2.07. The highest BCUT2D eigenvalue weighted by Crippen LogP contribution is 2.14. The summed E-state index contributed by atoms with van der Waals surface area (Å²) in [5.74, 6) is 0.853. The van der Waals surface area contributed by atoms with Gasteiger partial charge in [0, 0.05) is 5.56 Å². The number of nitrogen functional groups attached to an aromatic ring is 1. The Bertz CT molecular complexity index is 544. The van der Waals surface area contributed by atoms with Gasteiger partial charge in [-0.3, -0.25) is 5.41 Å². The zero-order chi connectivity index (χ0) is 13.7. The van der Waals surface area contributed by atoms with Crippen LogP contribution in [0, 0.1) is 5.41 Å². The van der Waals surface area contributed by atoms with E-state index < -0.39 is 0 Å². The van der Waals surface area contributed by atoms with Crippen LogP contribution < -0.4 is 10.5 Å². The normalized spacial score (nSPS) is 10.2. The van der Waals surface area contributed by atoms with Gasteiger partial charge in [-0.1, -0.05) is 31.2 Å². The average Bonchev–Trinajstić information content (AvgIpc) is 2.46. The molecule has 0 radical (unpaired) electrons. The van der Waals surface area contributed by atoms with Crippen molar-refractivity contribution in [3.63, 3.8) is 0 Å². The van der Waals surface area contributed by atoms with E-state index in [0.29, 0.717) is 12.2 Å². The van der Waals surface area contributed by atoms with Crippen molar-refractivity contribution in [1.29, 1.82) is 5.41 Å². The topological polar surface area (TPSA) is 59.1 Å². The molecule has 3 heteroatoms. The molecule has 0 saturated carbocycles. The molecule has 2 aromatic carbocycles. The number of ether oxygens (including phenoxy) is 1. The fourth-order valence-electron chi connectivity index (χ4n) is 1.77. The fourth-order valence-corrected chi connectivity index (χ4v) is 1.77. The van der Waals surface area contributed by atoms with E-state index >= 15 is 0 Å². The van der Waals surface area contributed by atoms with Gasteiger partial charge in [0.25, 0.3) is 0 Å². The molecule has 2 aromatic rings. The second-order valence-corrected chi connectivity index (χ2v) is 4.40. The average molecular weight is 254 g/mol. The Hall–Kier alpha value is -2.29. The van der Waals surface area contributed by atoms with E-state index in [4.69, 9.17) is 15.9 Å². The van der Waals surface area contributed by atoms with Gasteiger partial charge in [-0.25, -0.2) is 0 Å². The summed E-state index contributed by atoms with van der Waals surface area (Å²) in [6.07, 6.45) is 1.05. The maximum atomic E-state index is 7.32. The summed E-state index contributed by atoms with van der Waals surface area (Å²) < 4.78 is 5.69. The first-order chi connectivity index (χ1) is 9.19. The third-order valence-corrected chi connectivity index (χ3v) is 3.00. The molecule has 0 aromatic heterocycles. The smallest absolute Gasteiger partial charge is 0.122 e. The van der Waals surface area contributed by atoms with Crippen LogP contribution in [0.5, 0.6) is 5.75 Å². The van der Waals surface area contributed by atoms with E-state index in [1.54, 1.807) is 12.1 Å². The molecule has 3 nitrogen and oxygen atoms in total. The summed E-state index contributed by atoms with van der Waals surface area (Å²) in [4.78, 5) is 0. The van der Waals surface area contributed by atoms with Crippen LogP contribution in [0.1, 0.15) is 23.6 Å². The zero-order valence-electron chi connectivity index (χ0n) is 11.0. The number of amidine groups is 1. The first kappa shape index (κ1) is 13.1. The van der Waals surface area contributed by atoms with Crippen molar-refractivity contribution in [2.75, 3.05) is 0 Å². The molecule has 98 valence electrons. The van der Waals surface area contributed by atoms with E-state index in [0.717, 1.165) is 17.7 Å². The van der Waals surface area contributed by atoms with Crippen LogP contribution >= 0.6 is 0 Å². The number of aryl methyl sites for hydroxylation is 1. The molecule has 0 aliphatic rings. The van der Waals surface area contributed by atoms with Crippen molar-refractivity contribution >= 4 is 5.84 Å². The van der Waals surface area contributed by atoms with Crippen LogP contribution in [0.3, 0.4) is 0 Å². The Morgan fingerprint density at radius 2 is 1.58 bits per heavy atom. The predicted octanol–water partition coefficient (Wildman–Crippen LogP) is 3.11. The maximum absolute atomic E-state index is 7.32. The van der Waals surface area contributed by atoms with E-state index in [1.807, 2.05) is 12.1 Å². The van der Waals surface area contributed by atoms with E-state index in [2.05, 4.69) is 31.2 Å². The Balaban J connectivity index is 1.95. The van der Waals surface area contributed by atoms with Gasteiger partial charge < -0.3 is 10.5 Å². The van der Waals surface area contributed by atoms with Crippen molar-refractivity contribution in [3.8, 4) is 5.75 Å². The Kier molecular flexibility index (Phi) is 4.18. The van der Waals surface area contributed by atoms with Crippen LogP contribution in [-0.4, -0.2) is 5.84 Å². The molecule has 19 heavy (non-hydrogen) atoms. The molecular weight excluding hydrogens is 236 g/mol. The van der Waals surface area contributed by atoms with Crippen molar-refractivity contribution in [1.82, 2.24) is 0 Å². The first-order valence-electron chi connectivity index (χ1n) is 6.34. The van der Waals surface area contributed by atoms with Crippen LogP contribution in [0.25, 0.3) is 0 Å². The fraction of sp³-hybridized carbons (Fsp3) is 0.188. The molecule has 0 atom stereocenters. The Morgan fingerprint density at radius 1 is 1.00 bits per heavy atom. The highest BCUT2D eigenvalue weighted by Gasteiger charge is 1.99. The van der Waals surface area contributed by atoms with Crippen LogP contribution in [0.15, 0.2) is 48.5 Å². The van der Waals surface area contributed by atoms with Gasteiger partial charge in [0.1, 0.15) is 18.2 Å². The molecule has 0 saturated heterocycles. The van der Waals surface area contributed by atoms with Gasteiger partial charge in [-0.2, -0.15) is 0 Å². The molecule has 0 unspecified atom stereocenters. The van der Waals surface area contributed by atoms with Crippen molar-refractivity contribution in [2.45, 2.75) is 20.0 Å². The van der Waals surface area contributed by atoms with Crippen LogP contribution in [-0.2, 0) is 13.0 Å². The maximum Gasteiger partial charge on any atom is 0.122 e. The van der Waals surface area contributed by atoms with Gasteiger partial charge in [-0.05, 0) is 41.8 Å². The summed E-state index contributed by atoms with van der Waals surface area (Å²) in [5.41, 5.74) is 8.58. The SMILES string of the molecule is CCc1ccc(COc2ccc(C(=N)N)cc2)cc1. The second-order valence-electron chi connectivity index (χ2n) is 4.40. The third kappa shape index (κ3) is 3.58. The monoisotopic (exact) mass is 254 g/mol. The van der Waals surface area contributed by atoms with E-state index in [-0.39, 0.29) is 5.84 Å². The van der Waals surface area contributed by atoms with Gasteiger partial charge in [0.2, 0.25) is 0 Å². The van der Waals surface area contributed by atoms with E-state index in [9.17, 15) is 0 Å². The Labute approximate surface area is 113 Å². The second kappa shape index (κ2) is 6.05. The summed E-state index contributed by atoms with van der Waals surface area (Å²) in [6.45, 7) is 2.69. The molecule has 2 rings (SSSR count). The highest BCUT2D eigenvalue weighted by atomic mass is 16.5. The largest absolute Gasteiger partial charge is 0.489 e. The summed E-state index contributed by atoms with van der Waals surface area (Å²) in [7, 11) is 0. The van der Waals surface area contributed by atoms with Crippen molar-refractivity contribution in [2.24, 2.45) is 5.73 Å². The molecular formula is C16H18N2O. The Morgan fingerprint density at radius 3 is 2.11 bits per heavy atom. The highest BCUT2D eigenvalue weighted by molar-refractivity contribution is 5.94. The number of nitrogens with one attached hydrogen (secondary N) is 1. The lowest BCUT2D eigenvalue weighted by atomic mass is 10.1. The zero-order valence-corrected chi connectivity index (χ0v) is 11.0. The minimum Gasteiger partial charge on any atom is -0.489 e. The summed E-state index contributed by atoms with van der Waals surface area (Å²) in [5, 5.41) is 7.32. The van der Waals surface area contributed by atoms with Gasteiger partial charge >= 0.3 is 0 Å². The number of nitrogens with two attached hydrogens (primary N) is 1. The molecule has 0 fully saturated rings. The molecule has 0 aliphatic carbocycles. The quantitative estimate of drug-likeness (QED) is 0.636. The summed E-state index contributed by atoms with van der Waals surface area (Å²) in [6, 6.07) is 15.7. The molecule has 3 N–H and O–H groups in total.